The molecule has 1 aromatic heterocycles. The van der Waals surface area contributed by atoms with Crippen LogP contribution in [0.25, 0.3) is 0 Å². The first-order valence-electron chi connectivity index (χ1n) is 2.81. The van der Waals surface area contributed by atoms with Gasteiger partial charge in [-0.2, -0.15) is 0 Å². The molecule has 0 aliphatic carbocycles. The number of hydrogen-bond donors (Lipinski definition) is 0. The molecule has 5 heteroatoms. The van der Waals surface area contributed by atoms with Crippen molar-refractivity contribution in [3.63, 3.8) is 0 Å². The van der Waals surface area contributed by atoms with E-state index in [4.69, 9.17) is 0 Å². The normalized spacial score (nSPS) is 10.5. The molecule has 0 radical (unpaired) electrons. The predicted octanol–water partition coefficient (Wildman–Crippen LogP) is -0.0897. The van der Waals surface area contributed by atoms with Gasteiger partial charge in [0.15, 0.2) is 0 Å². The average Bonchev–Trinajstić information content (AvgIpc) is 2.41. The van der Waals surface area contributed by atoms with Crippen LogP contribution < -0.4 is 0 Å². The third kappa shape index (κ3) is 1.85. The van der Waals surface area contributed by atoms with Crippen LogP contribution in [0.3, 0.4) is 0 Å². The Balaban J connectivity index is 2.34. The first-order valence-corrected chi connectivity index (χ1v) is 2.81. The monoisotopic (exact) mass is 140 g/mol. The molecule has 0 fully saturated rings. The quantitative estimate of drug-likeness (QED) is 0.435. The van der Waals surface area contributed by atoms with Gasteiger partial charge in [0.25, 0.3) is 0 Å². The molecule has 0 N–H and O–H groups in total. The van der Waals surface area contributed by atoms with Crippen molar-refractivity contribution in [3.8, 4) is 0 Å². The summed E-state index contributed by atoms with van der Waals surface area (Å²) in [4.78, 5) is 4.46. The molecule has 1 heterocycles. The zero-order valence-corrected chi connectivity index (χ0v) is 5.64. The maximum atomic E-state index is 4.46. The fourth-order valence-corrected chi connectivity index (χ4v) is 0.519. The standard InChI is InChI=1S/C5H8N4O/c1-10-8-2-3-9-4-6-7-5-9/h2,4-5H,3H2,1H3/b8-2+. The highest BCUT2D eigenvalue weighted by Crippen LogP contribution is 1.78. The van der Waals surface area contributed by atoms with Gasteiger partial charge in [0.1, 0.15) is 19.8 Å². The molecule has 54 valence electrons. The van der Waals surface area contributed by atoms with E-state index >= 15 is 0 Å². The number of nitrogens with zero attached hydrogens (tertiary/aromatic N) is 4. The van der Waals surface area contributed by atoms with E-state index in [2.05, 4.69) is 20.2 Å². The van der Waals surface area contributed by atoms with Crippen LogP contribution >= 0.6 is 0 Å². The van der Waals surface area contributed by atoms with Gasteiger partial charge in [-0.3, -0.25) is 0 Å². The van der Waals surface area contributed by atoms with E-state index in [-0.39, 0.29) is 0 Å². The fourth-order valence-electron chi connectivity index (χ4n) is 0.519. The van der Waals surface area contributed by atoms with Crippen molar-refractivity contribution in [3.05, 3.63) is 12.7 Å². The largest absolute Gasteiger partial charge is 0.399 e. The van der Waals surface area contributed by atoms with Crippen LogP contribution in [0.4, 0.5) is 0 Å². The molecule has 0 spiro atoms. The second kappa shape index (κ2) is 3.60. The van der Waals surface area contributed by atoms with Crippen LogP contribution in [0.1, 0.15) is 0 Å². The molecular weight excluding hydrogens is 132 g/mol. The third-order valence-electron chi connectivity index (χ3n) is 0.939. The number of oxime groups is 1. The Kier molecular flexibility index (Phi) is 2.42. The molecule has 0 bridgehead atoms. The molecule has 0 aromatic carbocycles. The molecule has 0 saturated heterocycles. The Labute approximate surface area is 58.3 Å². The van der Waals surface area contributed by atoms with Crippen molar-refractivity contribution in [2.45, 2.75) is 6.54 Å². The Hall–Kier alpha value is -1.39. The van der Waals surface area contributed by atoms with Crippen molar-refractivity contribution in [2.24, 2.45) is 5.16 Å². The summed E-state index contributed by atoms with van der Waals surface area (Å²) >= 11 is 0. The lowest BCUT2D eigenvalue weighted by Gasteiger charge is -1.90. The Morgan fingerprint density at radius 2 is 2.30 bits per heavy atom. The van der Waals surface area contributed by atoms with Gasteiger partial charge in [-0.1, -0.05) is 5.16 Å². The summed E-state index contributed by atoms with van der Waals surface area (Å²) in [5.74, 6) is 0. The Morgan fingerprint density at radius 3 is 2.90 bits per heavy atom. The topological polar surface area (TPSA) is 52.3 Å². The van der Waals surface area contributed by atoms with Gasteiger partial charge in [-0.25, -0.2) is 0 Å². The first kappa shape index (κ1) is 6.73. The molecule has 0 atom stereocenters. The minimum absolute atomic E-state index is 0.640. The first-order chi connectivity index (χ1) is 4.93. The minimum Gasteiger partial charge on any atom is -0.399 e. The lowest BCUT2D eigenvalue weighted by molar-refractivity contribution is 0.214. The van der Waals surface area contributed by atoms with Crippen LogP contribution in [0.15, 0.2) is 17.8 Å². The van der Waals surface area contributed by atoms with Crippen LogP contribution in [0.5, 0.6) is 0 Å². The molecule has 0 unspecified atom stereocenters. The van der Waals surface area contributed by atoms with Gasteiger partial charge in [0.05, 0.1) is 12.8 Å². The van der Waals surface area contributed by atoms with E-state index < -0.39 is 0 Å². The summed E-state index contributed by atoms with van der Waals surface area (Å²) in [5.41, 5.74) is 0. The van der Waals surface area contributed by atoms with E-state index in [1.54, 1.807) is 23.4 Å². The molecule has 10 heavy (non-hydrogen) atoms. The van der Waals surface area contributed by atoms with Crippen LogP contribution in [0, 0.1) is 0 Å². The van der Waals surface area contributed by atoms with Crippen LogP contribution in [0.2, 0.25) is 0 Å². The molecule has 0 aliphatic heterocycles. The van der Waals surface area contributed by atoms with Gasteiger partial charge in [0, 0.05) is 0 Å². The van der Waals surface area contributed by atoms with E-state index in [9.17, 15) is 0 Å². The van der Waals surface area contributed by atoms with Crippen molar-refractivity contribution >= 4 is 6.21 Å². The zero-order chi connectivity index (χ0) is 7.23. The van der Waals surface area contributed by atoms with Crippen molar-refractivity contribution < 1.29 is 4.84 Å². The van der Waals surface area contributed by atoms with Crippen molar-refractivity contribution in [1.29, 1.82) is 0 Å². The molecule has 0 saturated carbocycles. The maximum absolute atomic E-state index is 4.46. The SMILES string of the molecule is CO/N=C/Cn1cnnc1. The van der Waals surface area contributed by atoms with Crippen LogP contribution in [-0.2, 0) is 11.4 Å². The minimum atomic E-state index is 0.640. The Morgan fingerprint density at radius 1 is 1.60 bits per heavy atom. The lowest BCUT2D eigenvalue weighted by atomic mass is 10.7. The molecule has 0 amide bonds. The van der Waals surface area contributed by atoms with Gasteiger partial charge in [-0.05, 0) is 0 Å². The van der Waals surface area contributed by atoms with Crippen molar-refractivity contribution in [1.82, 2.24) is 14.8 Å². The summed E-state index contributed by atoms with van der Waals surface area (Å²) in [6.45, 7) is 0.640. The van der Waals surface area contributed by atoms with Gasteiger partial charge >= 0.3 is 0 Å². The predicted molar refractivity (Wildman–Crippen MR) is 35.5 cm³/mol. The molecule has 1 aromatic rings. The second-order valence-corrected chi connectivity index (χ2v) is 1.63. The van der Waals surface area contributed by atoms with Gasteiger partial charge < -0.3 is 9.40 Å². The molecule has 1 rings (SSSR count). The summed E-state index contributed by atoms with van der Waals surface area (Å²) < 4.78 is 1.78. The number of aromatic nitrogens is 3. The second-order valence-electron chi connectivity index (χ2n) is 1.63. The third-order valence-corrected chi connectivity index (χ3v) is 0.939. The van der Waals surface area contributed by atoms with Crippen molar-refractivity contribution in [2.75, 3.05) is 7.11 Å². The fraction of sp³-hybridized carbons (Fsp3) is 0.400. The van der Waals surface area contributed by atoms with Crippen LogP contribution in [-0.4, -0.2) is 28.1 Å². The van der Waals surface area contributed by atoms with Gasteiger partial charge in [0.2, 0.25) is 0 Å². The number of hydrogen-bond acceptors (Lipinski definition) is 4. The maximum Gasteiger partial charge on any atom is 0.119 e. The number of rotatable bonds is 3. The molecule has 0 aliphatic rings. The van der Waals surface area contributed by atoms with E-state index in [0.717, 1.165) is 0 Å². The smallest absolute Gasteiger partial charge is 0.119 e. The summed E-state index contributed by atoms with van der Waals surface area (Å²) in [6, 6.07) is 0. The van der Waals surface area contributed by atoms with Gasteiger partial charge in [-0.15, -0.1) is 10.2 Å². The summed E-state index contributed by atoms with van der Waals surface area (Å²) in [5, 5.41) is 10.8. The summed E-state index contributed by atoms with van der Waals surface area (Å²) in [6.07, 6.45) is 4.85. The average molecular weight is 140 g/mol. The highest BCUT2D eigenvalue weighted by molar-refractivity contribution is 5.55. The molecule has 5 nitrogen and oxygen atoms in total. The van der Waals surface area contributed by atoms with E-state index in [1.165, 1.54) is 7.11 Å². The summed E-state index contributed by atoms with van der Waals surface area (Å²) in [7, 11) is 1.50. The Bertz CT molecular complexity index is 193. The molecular formula is C5H8N4O. The lowest BCUT2D eigenvalue weighted by Crippen LogP contribution is -1.94. The highest BCUT2D eigenvalue weighted by atomic mass is 16.6. The zero-order valence-electron chi connectivity index (χ0n) is 5.64. The van der Waals surface area contributed by atoms with E-state index in [1.807, 2.05) is 0 Å². The van der Waals surface area contributed by atoms with E-state index in [0.29, 0.717) is 6.54 Å². The highest BCUT2D eigenvalue weighted by Gasteiger charge is 1.83.